The van der Waals surface area contributed by atoms with Gasteiger partial charge in [0.2, 0.25) is 0 Å². The van der Waals surface area contributed by atoms with Crippen LogP contribution in [0, 0.1) is 6.92 Å². The van der Waals surface area contributed by atoms with Crippen LogP contribution in [0.5, 0.6) is 5.75 Å². The highest BCUT2D eigenvalue weighted by Gasteiger charge is 2.13. The van der Waals surface area contributed by atoms with Crippen LogP contribution >= 0.6 is 15.9 Å². The molecule has 1 heterocycles. The Labute approximate surface area is 102 Å². The Kier molecular flexibility index (Phi) is 2.76. The molecule has 0 saturated heterocycles. The molecule has 0 aliphatic rings. The number of carbonyl (C=O) groups is 1. The van der Waals surface area contributed by atoms with Crippen molar-refractivity contribution in [3.05, 3.63) is 27.9 Å². The van der Waals surface area contributed by atoms with Crippen molar-refractivity contribution >= 4 is 33.1 Å². The number of aldehydes is 1. The van der Waals surface area contributed by atoms with Gasteiger partial charge >= 0.3 is 0 Å². The van der Waals surface area contributed by atoms with Crippen molar-refractivity contribution in [3.63, 3.8) is 0 Å². The molecule has 0 aliphatic carbocycles. The summed E-state index contributed by atoms with van der Waals surface area (Å²) in [7, 11) is 3.56. The van der Waals surface area contributed by atoms with E-state index in [-0.39, 0.29) is 0 Å². The molecule has 0 fully saturated rings. The van der Waals surface area contributed by atoms with Crippen molar-refractivity contribution in [1.29, 1.82) is 0 Å². The van der Waals surface area contributed by atoms with Crippen LogP contribution in [0.4, 0.5) is 0 Å². The number of aryl methyl sites for hydroxylation is 1. The minimum Gasteiger partial charge on any atom is -0.496 e. The van der Waals surface area contributed by atoms with Crippen molar-refractivity contribution in [1.82, 2.24) is 4.57 Å². The third-order valence-electron chi connectivity index (χ3n) is 2.93. The number of carbonyl (C=O) groups excluding carboxylic acids is 1. The quantitative estimate of drug-likeness (QED) is 0.793. The minimum absolute atomic E-state index is 0.725. The fourth-order valence-corrected chi connectivity index (χ4v) is 2.39. The molecule has 0 saturated carbocycles. The first kappa shape index (κ1) is 11.2. The number of hydrogen-bond acceptors (Lipinski definition) is 2. The maximum Gasteiger partial charge on any atom is 0.152 e. The fraction of sp³-hybridized carbons (Fsp3) is 0.250. The van der Waals surface area contributed by atoms with Crippen LogP contribution in [0.1, 0.15) is 16.1 Å². The normalized spacial score (nSPS) is 10.8. The van der Waals surface area contributed by atoms with Gasteiger partial charge in [0, 0.05) is 23.7 Å². The van der Waals surface area contributed by atoms with Crippen LogP contribution in [0.15, 0.2) is 16.6 Å². The number of hydrogen-bond donors (Lipinski definition) is 0. The van der Waals surface area contributed by atoms with Crippen molar-refractivity contribution < 1.29 is 9.53 Å². The lowest BCUT2D eigenvalue weighted by molar-refractivity contribution is 0.112. The summed E-state index contributed by atoms with van der Waals surface area (Å²) in [6.07, 6.45) is 0.894. The number of benzene rings is 1. The molecule has 84 valence electrons. The molecule has 0 radical (unpaired) electrons. The van der Waals surface area contributed by atoms with E-state index < -0.39 is 0 Å². The van der Waals surface area contributed by atoms with Crippen LogP contribution in [0.2, 0.25) is 0 Å². The van der Waals surface area contributed by atoms with Gasteiger partial charge in [-0.15, -0.1) is 0 Å². The number of aromatic nitrogens is 1. The Morgan fingerprint density at radius 2 is 2.12 bits per heavy atom. The van der Waals surface area contributed by atoms with E-state index in [0.29, 0.717) is 0 Å². The zero-order valence-corrected chi connectivity index (χ0v) is 11.0. The number of methoxy groups -OCH3 is 1. The third kappa shape index (κ3) is 1.45. The summed E-state index contributed by atoms with van der Waals surface area (Å²) in [5.74, 6) is 0.737. The van der Waals surface area contributed by atoms with Gasteiger partial charge in [0.25, 0.3) is 0 Å². The molecule has 0 aliphatic heterocycles. The number of rotatable bonds is 2. The van der Waals surface area contributed by atoms with Crippen molar-refractivity contribution in [2.75, 3.05) is 7.11 Å². The van der Waals surface area contributed by atoms with Gasteiger partial charge in [-0.1, -0.05) is 0 Å². The van der Waals surface area contributed by atoms with E-state index in [0.717, 1.165) is 38.7 Å². The lowest BCUT2D eigenvalue weighted by Gasteiger charge is -2.04. The topological polar surface area (TPSA) is 31.2 Å². The van der Waals surface area contributed by atoms with E-state index >= 15 is 0 Å². The molecule has 0 amide bonds. The van der Waals surface area contributed by atoms with Gasteiger partial charge in [-0.05, 0) is 35.0 Å². The van der Waals surface area contributed by atoms with Gasteiger partial charge in [-0.3, -0.25) is 4.79 Å². The smallest absolute Gasteiger partial charge is 0.152 e. The largest absolute Gasteiger partial charge is 0.496 e. The number of ether oxygens (including phenoxy) is 1. The summed E-state index contributed by atoms with van der Waals surface area (Å²) < 4.78 is 8.12. The maximum absolute atomic E-state index is 11.1. The summed E-state index contributed by atoms with van der Waals surface area (Å²) in [4.78, 5) is 11.1. The molecule has 2 rings (SSSR count). The molecular formula is C12H12BrNO2. The van der Waals surface area contributed by atoms with Crippen molar-refractivity contribution in [2.45, 2.75) is 6.92 Å². The second-order valence-electron chi connectivity index (χ2n) is 3.68. The Balaban J connectivity index is 2.91. The van der Waals surface area contributed by atoms with Crippen LogP contribution in [0.25, 0.3) is 10.9 Å². The van der Waals surface area contributed by atoms with Crippen molar-refractivity contribution in [2.24, 2.45) is 7.05 Å². The molecule has 0 spiro atoms. The molecule has 16 heavy (non-hydrogen) atoms. The number of nitrogens with zero attached hydrogens (tertiary/aromatic N) is 1. The first-order chi connectivity index (χ1) is 7.60. The molecule has 0 N–H and O–H groups in total. The summed E-state index contributed by atoms with van der Waals surface area (Å²) in [6.45, 7) is 1.93. The molecule has 0 bridgehead atoms. The highest BCUT2D eigenvalue weighted by Crippen LogP contribution is 2.33. The second kappa shape index (κ2) is 3.94. The molecule has 1 aromatic heterocycles. The predicted octanol–water partition coefficient (Wildman–Crippen LogP) is 3.07. The third-order valence-corrected chi connectivity index (χ3v) is 3.55. The highest BCUT2D eigenvalue weighted by atomic mass is 79.9. The molecule has 1 aromatic carbocycles. The van der Waals surface area contributed by atoms with Crippen LogP contribution < -0.4 is 4.74 Å². The highest BCUT2D eigenvalue weighted by molar-refractivity contribution is 9.10. The van der Waals surface area contributed by atoms with Crippen molar-refractivity contribution in [3.8, 4) is 5.75 Å². The summed E-state index contributed by atoms with van der Waals surface area (Å²) >= 11 is 3.44. The molecule has 2 aromatic rings. The van der Waals surface area contributed by atoms with Gasteiger partial charge < -0.3 is 9.30 Å². The average Bonchev–Trinajstić information content (AvgIpc) is 2.51. The van der Waals surface area contributed by atoms with E-state index in [1.807, 2.05) is 30.7 Å². The lowest BCUT2D eigenvalue weighted by Crippen LogP contribution is -1.91. The van der Waals surface area contributed by atoms with E-state index in [1.54, 1.807) is 7.11 Å². The Morgan fingerprint density at radius 1 is 1.44 bits per heavy atom. The standard InChI is InChI=1S/C12H12BrNO2/c1-7-9(6-15)8-4-12(16-3)10(13)5-11(8)14(7)2/h4-6H,1-3H3. The van der Waals surface area contributed by atoms with Gasteiger partial charge in [0.05, 0.1) is 17.1 Å². The lowest BCUT2D eigenvalue weighted by atomic mass is 10.1. The minimum atomic E-state index is 0.725. The first-order valence-corrected chi connectivity index (χ1v) is 5.67. The average molecular weight is 282 g/mol. The Bertz CT molecular complexity index is 572. The maximum atomic E-state index is 11.1. The number of fused-ring (bicyclic) bond motifs is 1. The van der Waals surface area contributed by atoms with E-state index in [2.05, 4.69) is 15.9 Å². The van der Waals surface area contributed by atoms with E-state index in [4.69, 9.17) is 4.74 Å². The SMILES string of the molecule is COc1cc2c(C=O)c(C)n(C)c2cc1Br. The van der Waals surface area contributed by atoms with E-state index in [9.17, 15) is 4.79 Å². The zero-order valence-electron chi connectivity index (χ0n) is 9.37. The van der Waals surface area contributed by atoms with Gasteiger partial charge in [-0.2, -0.15) is 0 Å². The molecule has 0 atom stereocenters. The summed E-state index contributed by atoms with van der Waals surface area (Å²) in [6, 6.07) is 3.85. The Morgan fingerprint density at radius 3 is 2.69 bits per heavy atom. The molecule has 0 unspecified atom stereocenters. The zero-order chi connectivity index (χ0) is 11.9. The molecule has 3 nitrogen and oxygen atoms in total. The first-order valence-electron chi connectivity index (χ1n) is 4.87. The molecular weight excluding hydrogens is 270 g/mol. The van der Waals surface area contributed by atoms with Gasteiger partial charge in [-0.25, -0.2) is 0 Å². The predicted molar refractivity (Wildman–Crippen MR) is 67.3 cm³/mol. The van der Waals surface area contributed by atoms with Crippen LogP contribution in [-0.4, -0.2) is 18.0 Å². The molecule has 4 heteroatoms. The fourth-order valence-electron chi connectivity index (χ4n) is 1.90. The van der Waals surface area contributed by atoms with Gasteiger partial charge in [0.15, 0.2) is 6.29 Å². The number of halogens is 1. The van der Waals surface area contributed by atoms with Crippen LogP contribution in [0.3, 0.4) is 0 Å². The second-order valence-corrected chi connectivity index (χ2v) is 4.53. The Hall–Kier alpha value is -1.29. The summed E-state index contributed by atoms with van der Waals surface area (Å²) in [5, 5.41) is 0.926. The van der Waals surface area contributed by atoms with Crippen LogP contribution in [-0.2, 0) is 7.05 Å². The summed E-state index contributed by atoms with van der Waals surface area (Å²) in [5.41, 5.74) is 2.71. The van der Waals surface area contributed by atoms with E-state index in [1.165, 1.54) is 0 Å². The van der Waals surface area contributed by atoms with Gasteiger partial charge in [0.1, 0.15) is 5.75 Å². The monoisotopic (exact) mass is 281 g/mol.